The minimum absolute atomic E-state index is 0.110. The molecule has 1 fully saturated rings. The first-order valence-corrected chi connectivity index (χ1v) is 12.5. The molecule has 0 aliphatic carbocycles. The molecule has 0 radical (unpaired) electrons. The van der Waals surface area contributed by atoms with E-state index in [9.17, 15) is 9.59 Å². The number of hydrogen-bond donors (Lipinski definition) is 1. The van der Waals surface area contributed by atoms with E-state index in [4.69, 9.17) is 44.9 Å². The van der Waals surface area contributed by atoms with Crippen LogP contribution in [0.4, 0.5) is 5.69 Å². The fourth-order valence-electron chi connectivity index (χ4n) is 2.94. The van der Waals surface area contributed by atoms with E-state index in [1.807, 2.05) is 6.92 Å². The van der Waals surface area contributed by atoms with Gasteiger partial charge < -0.3 is 14.8 Å². The van der Waals surface area contributed by atoms with Gasteiger partial charge in [-0.05, 0) is 64.3 Å². The van der Waals surface area contributed by atoms with E-state index >= 15 is 0 Å². The molecule has 2 amide bonds. The summed E-state index contributed by atoms with van der Waals surface area (Å²) in [6, 6.07) is 8.29. The van der Waals surface area contributed by atoms with Crippen molar-refractivity contribution >= 4 is 91.0 Å². The summed E-state index contributed by atoms with van der Waals surface area (Å²) in [7, 11) is 1.49. The van der Waals surface area contributed by atoms with Crippen LogP contribution in [-0.2, 0) is 9.59 Å². The van der Waals surface area contributed by atoms with Crippen molar-refractivity contribution < 1.29 is 19.1 Å². The van der Waals surface area contributed by atoms with E-state index in [-0.39, 0.29) is 18.4 Å². The molecule has 0 atom stereocenters. The Hall–Kier alpha value is -1.78. The standard InChI is InChI=1S/C22H19BrCl2N2O4S2/c1-3-6-27-21(29)18(33-22(27)32)9-12-7-14(23)20(17(8-12)30-2)31-11-19(28)26-13-4-5-15(24)16(25)10-13/h4-5,7-10H,3,6,11H2,1-2H3,(H,26,28)/b18-9-. The van der Waals surface area contributed by atoms with Crippen LogP contribution in [0.25, 0.3) is 6.08 Å². The summed E-state index contributed by atoms with van der Waals surface area (Å²) >= 11 is 21.9. The third-order valence-electron chi connectivity index (χ3n) is 4.42. The van der Waals surface area contributed by atoms with Crippen molar-refractivity contribution in [2.45, 2.75) is 13.3 Å². The molecule has 1 heterocycles. The monoisotopic (exact) mass is 588 g/mol. The van der Waals surface area contributed by atoms with Gasteiger partial charge in [0.15, 0.2) is 18.1 Å². The van der Waals surface area contributed by atoms with Crippen molar-refractivity contribution in [2.75, 3.05) is 25.6 Å². The molecule has 1 N–H and O–H groups in total. The van der Waals surface area contributed by atoms with Crippen molar-refractivity contribution in [3.63, 3.8) is 0 Å². The number of methoxy groups -OCH3 is 1. The van der Waals surface area contributed by atoms with Gasteiger partial charge in [0.25, 0.3) is 11.8 Å². The van der Waals surface area contributed by atoms with Gasteiger partial charge in [0, 0.05) is 12.2 Å². The molecule has 0 saturated carbocycles. The van der Waals surface area contributed by atoms with Gasteiger partial charge in [-0.3, -0.25) is 14.5 Å². The summed E-state index contributed by atoms with van der Waals surface area (Å²) in [5, 5.41) is 3.42. The zero-order valence-corrected chi connectivity index (χ0v) is 22.3. The number of benzene rings is 2. The Morgan fingerprint density at radius 3 is 2.70 bits per heavy atom. The molecule has 1 aliphatic rings. The van der Waals surface area contributed by atoms with Gasteiger partial charge in [-0.15, -0.1) is 0 Å². The molecule has 174 valence electrons. The van der Waals surface area contributed by atoms with E-state index in [0.717, 1.165) is 12.0 Å². The summed E-state index contributed by atoms with van der Waals surface area (Å²) in [6.45, 7) is 2.32. The number of thiocarbonyl (C=S) groups is 1. The molecular weight excluding hydrogens is 571 g/mol. The number of anilines is 1. The highest BCUT2D eigenvalue weighted by Gasteiger charge is 2.31. The predicted molar refractivity (Wildman–Crippen MR) is 141 cm³/mol. The van der Waals surface area contributed by atoms with Crippen molar-refractivity contribution in [3.8, 4) is 11.5 Å². The maximum absolute atomic E-state index is 12.6. The Morgan fingerprint density at radius 2 is 2.03 bits per heavy atom. The fourth-order valence-corrected chi connectivity index (χ4v) is 5.12. The molecule has 2 aromatic carbocycles. The lowest BCUT2D eigenvalue weighted by Crippen LogP contribution is -2.28. The molecular formula is C22H19BrCl2N2O4S2. The van der Waals surface area contributed by atoms with Crippen molar-refractivity contribution in [2.24, 2.45) is 0 Å². The lowest BCUT2D eigenvalue weighted by atomic mass is 10.2. The topological polar surface area (TPSA) is 67.9 Å². The number of carbonyl (C=O) groups is 2. The van der Waals surface area contributed by atoms with Gasteiger partial charge in [0.2, 0.25) is 0 Å². The maximum Gasteiger partial charge on any atom is 0.266 e. The highest BCUT2D eigenvalue weighted by Crippen LogP contribution is 2.39. The van der Waals surface area contributed by atoms with E-state index in [1.165, 1.54) is 18.9 Å². The molecule has 11 heteroatoms. The van der Waals surface area contributed by atoms with Crippen LogP contribution in [-0.4, -0.2) is 41.3 Å². The van der Waals surface area contributed by atoms with Crippen LogP contribution in [0.1, 0.15) is 18.9 Å². The largest absolute Gasteiger partial charge is 0.493 e. The zero-order valence-electron chi connectivity index (χ0n) is 17.6. The summed E-state index contributed by atoms with van der Waals surface area (Å²) in [4.78, 5) is 27.0. The first kappa shape index (κ1) is 25.8. The minimum atomic E-state index is -0.383. The number of halogens is 3. The SMILES string of the molecule is CCCN1C(=O)/C(=C/c2cc(Br)c(OCC(=O)Nc3ccc(Cl)c(Cl)c3)c(OC)c2)SC1=S. The molecule has 2 aromatic rings. The van der Waals surface area contributed by atoms with Crippen LogP contribution in [0.15, 0.2) is 39.7 Å². The lowest BCUT2D eigenvalue weighted by Gasteiger charge is -2.14. The van der Waals surface area contributed by atoms with Gasteiger partial charge >= 0.3 is 0 Å². The van der Waals surface area contributed by atoms with E-state index in [0.29, 0.717) is 47.5 Å². The molecule has 0 unspecified atom stereocenters. The smallest absolute Gasteiger partial charge is 0.266 e. The Morgan fingerprint density at radius 1 is 1.27 bits per heavy atom. The number of carbonyl (C=O) groups excluding carboxylic acids is 2. The first-order chi connectivity index (χ1) is 15.7. The van der Waals surface area contributed by atoms with Crippen LogP contribution < -0.4 is 14.8 Å². The second kappa shape index (κ2) is 11.6. The highest BCUT2D eigenvalue weighted by atomic mass is 79.9. The van der Waals surface area contributed by atoms with Crippen LogP contribution in [0.5, 0.6) is 11.5 Å². The quantitative estimate of drug-likeness (QED) is 0.284. The molecule has 1 aliphatic heterocycles. The average molecular weight is 590 g/mol. The summed E-state index contributed by atoms with van der Waals surface area (Å²) in [5.74, 6) is 0.270. The number of ether oxygens (including phenoxy) is 2. The van der Waals surface area contributed by atoms with Crippen LogP contribution >= 0.6 is 63.1 Å². The van der Waals surface area contributed by atoms with Crippen LogP contribution in [0.2, 0.25) is 10.0 Å². The molecule has 1 saturated heterocycles. The molecule has 0 aromatic heterocycles. The number of nitrogens with zero attached hydrogens (tertiary/aromatic N) is 1. The summed E-state index contributed by atoms with van der Waals surface area (Å²) in [6.07, 6.45) is 2.58. The minimum Gasteiger partial charge on any atom is -0.493 e. The van der Waals surface area contributed by atoms with E-state index in [1.54, 1.807) is 41.3 Å². The van der Waals surface area contributed by atoms with E-state index in [2.05, 4.69) is 21.2 Å². The van der Waals surface area contributed by atoms with Gasteiger partial charge in [-0.25, -0.2) is 0 Å². The first-order valence-electron chi connectivity index (χ1n) is 9.74. The second-order valence-electron chi connectivity index (χ2n) is 6.83. The van der Waals surface area contributed by atoms with Gasteiger partial charge in [0.1, 0.15) is 4.32 Å². The lowest BCUT2D eigenvalue weighted by molar-refractivity contribution is -0.122. The predicted octanol–water partition coefficient (Wildman–Crippen LogP) is 6.39. The molecule has 0 bridgehead atoms. The average Bonchev–Trinajstić information content (AvgIpc) is 3.03. The van der Waals surface area contributed by atoms with Gasteiger partial charge in [-0.1, -0.05) is 54.1 Å². The number of rotatable bonds is 8. The second-order valence-corrected chi connectivity index (χ2v) is 10.2. The maximum atomic E-state index is 12.6. The Kier molecular flexibility index (Phi) is 9.06. The van der Waals surface area contributed by atoms with Gasteiger partial charge in [0.05, 0.1) is 26.5 Å². The number of amides is 2. The number of hydrogen-bond acceptors (Lipinski definition) is 6. The van der Waals surface area contributed by atoms with Gasteiger partial charge in [-0.2, -0.15) is 0 Å². The number of nitrogens with one attached hydrogen (secondary N) is 1. The highest BCUT2D eigenvalue weighted by molar-refractivity contribution is 9.10. The summed E-state index contributed by atoms with van der Waals surface area (Å²) in [5.41, 5.74) is 1.23. The van der Waals surface area contributed by atoms with Crippen LogP contribution in [0, 0.1) is 0 Å². The molecule has 33 heavy (non-hydrogen) atoms. The van der Waals surface area contributed by atoms with Crippen molar-refractivity contribution in [1.29, 1.82) is 0 Å². The van der Waals surface area contributed by atoms with E-state index < -0.39 is 0 Å². The van der Waals surface area contributed by atoms with Crippen molar-refractivity contribution in [3.05, 3.63) is 55.3 Å². The Balaban J connectivity index is 1.73. The molecule has 6 nitrogen and oxygen atoms in total. The molecule has 0 spiro atoms. The summed E-state index contributed by atoms with van der Waals surface area (Å²) < 4.78 is 12.3. The van der Waals surface area contributed by atoms with Crippen molar-refractivity contribution in [1.82, 2.24) is 4.90 Å². The Bertz CT molecular complexity index is 1140. The normalized spacial score (nSPS) is 14.7. The molecule has 3 rings (SSSR count). The zero-order chi connectivity index (χ0) is 24.1. The van der Waals surface area contributed by atoms with Crippen LogP contribution in [0.3, 0.4) is 0 Å². The fraction of sp³-hybridized carbons (Fsp3) is 0.227. The number of thioether (sulfide) groups is 1. The third-order valence-corrected chi connectivity index (χ3v) is 7.13. The Labute approximate surface area is 219 Å². The third kappa shape index (κ3) is 6.42.